The number of esters is 1. The Kier molecular flexibility index (Phi) is 10.6. The molecular weight excluding hydrogens is 302 g/mol. The van der Waals surface area contributed by atoms with Crippen molar-refractivity contribution in [3.63, 3.8) is 0 Å². The predicted molar refractivity (Wildman–Crippen MR) is 95.5 cm³/mol. The fourth-order valence-electron chi connectivity index (χ4n) is 2.63. The Bertz CT molecular complexity index is 517. The van der Waals surface area contributed by atoms with Crippen LogP contribution in [0.5, 0.6) is 0 Å². The number of unbranched alkanes of at least 4 members (excludes halogenated alkanes) is 5. The first kappa shape index (κ1) is 20.2. The Morgan fingerprint density at radius 1 is 1.08 bits per heavy atom. The highest BCUT2D eigenvalue weighted by molar-refractivity contribution is 5.87. The Morgan fingerprint density at radius 3 is 2.50 bits per heavy atom. The van der Waals surface area contributed by atoms with Crippen LogP contribution in [-0.2, 0) is 28.9 Å². The third-order valence-electron chi connectivity index (χ3n) is 4.07. The van der Waals surface area contributed by atoms with Gasteiger partial charge in [0.15, 0.2) is 0 Å². The van der Waals surface area contributed by atoms with Crippen LogP contribution in [0.2, 0.25) is 0 Å². The molecule has 0 unspecified atom stereocenters. The summed E-state index contributed by atoms with van der Waals surface area (Å²) in [7, 11) is 0. The lowest BCUT2D eigenvalue weighted by Crippen LogP contribution is -2.07. The monoisotopic (exact) mass is 333 g/mol. The van der Waals surface area contributed by atoms with Crippen LogP contribution in [0.15, 0.2) is 0 Å². The minimum absolute atomic E-state index is 0.412. The summed E-state index contributed by atoms with van der Waals surface area (Å²) in [5.74, 6) is 1.38. The molecule has 0 aliphatic rings. The first-order chi connectivity index (χ1) is 11.7. The molecule has 0 aromatic carbocycles. The lowest BCUT2D eigenvalue weighted by Gasteiger charge is -2.08. The molecule has 1 rings (SSSR count). The molecule has 5 heteroatoms. The summed E-state index contributed by atoms with van der Waals surface area (Å²) in [6.07, 6.45) is 15.8. The van der Waals surface area contributed by atoms with Crippen molar-refractivity contribution >= 4 is 5.97 Å². The first-order valence-corrected chi connectivity index (χ1v) is 9.27. The zero-order valence-corrected chi connectivity index (χ0v) is 15.2. The van der Waals surface area contributed by atoms with E-state index in [1.807, 2.05) is 5.92 Å². The van der Waals surface area contributed by atoms with Crippen LogP contribution in [-0.4, -0.2) is 27.6 Å². The number of hydrogen-bond donors (Lipinski definition) is 0. The summed E-state index contributed by atoms with van der Waals surface area (Å²) in [6, 6.07) is 0. The number of ether oxygens (including phenoxy) is 1. The van der Waals surface area contributed by atoms with E-state index in [1.54, 1.807) is 0 Å². The molecule has 0 fully saturated rings. The molecule has 5 nitrogen and oxygen atoms in total. The molecule has 1 aromatic heterocycles. The lowest BCUT2D eigenvalue weighted by atomic mass is 10.1. The Hall–Kier alpha value is -1.83. The van der Waals surface area contributed by atoms with Crippen LogP contribution in [0.3, 0.4) is 0 Å². The van der Waals surface area contributed by atoms with Crippen molar-refractivity contribution in [2.75, 3.05) is 6.61 Å². The largest absolute Gasteiger partial charge is 0.456 e. The molecule has 0 N–H and O–H groups in total. The van der Waals surface area contributed by atoms with Crippen LogP contribution >= 0.6 is 0 Å². The van der Waals surface area contributed by atoms with Crippen molar-refractivity contribution < 1.29 is 9.53 Å². The lowest BCUT2D eigenvalue weighted by molar-refractivity contribution is -0.136. The van der Waals surface area contributed by atoms with E-state index in [1.165, 1.54) is 37.1 Å². The summed E-state index contributed by atoms with van der Waals surface area (Å²) in [5.41, 5.74) is 2.51. The van der Waals surface area contributed by atoms with Gasteiger partial charge in [-0.2, -0.15) is 0 Å². The SMILES string of the molecule is C#CC(=O)OCCCCCCn1nnc(CCCC)c1CCCC. The molecule has 0 atom stereocenters. The number of terminal acetylenes is 1. The number of nitrogens with zero attached hydrogens (tertiary/aromatic N) is 3. The van der Waals surface area contributed by atoms with Crippen LogP contribution in [0, 0.1) is 12.3 Å². The van der Waals surface area contributed by atoms with Gasteiger partial charge in [0, 0.05) is 12.5 Å². The predicted octanol–water partition coefficient (Wildman–Crippen LogP) is 3.70. The topological polar surface area (TPSA) is 57.0 Å². The molecule has 1 heterocycles. The van der Waals surface area contributed by atoms with Crippen LogP contribution in [0.1, 0.15) is 76.6 Å². The number of carbonyl (C=O) groups excluding carboxylic acids is 1. The average Bonchev–Trinajstić information content (AvgIpc) is 2.98. The summed E-state index contributed by atoms with van der Waals surface area (Å²) in [4.78, 5) is 10.8. The van der Waals surface area contributed by atoms with Gasteiger partial charge in [0.05, 0.1) is 18.0 Å². The highest BCUT2D eigenvalue weighted by Gasteiger charge is 2.11. The Balaban J connectivity index is 2.34. The molecule has 134 valence electrons. The van der Waals surface area contributed by atoms with Gasteiger partial charge >= 0.3 is 5.97 Å². The van der Waals surface area contributed by atoms with Crippen molar-refractivity contribution in [1.82, 2.24) is 15.0 Å². The second-order valence-electron chi connectivity index (χ2n) is 6.11. The summed E-state index contributed by atoms with van der Waals surface area (Å²) < 4.78 is 6.95. The zero-order chi connectivity index (χ0) is 17.6. The minimum atomic E-state index is -0.571. The second kappa shape index (κ2) is 12.6. The van der Waals surface area contributed by atoms with Crippen LogP contribution in [0.25, 0.3) is 0 Å². The van der Waals surface area contributed by atoms with E-state index in [-0.39, 0.29) is 0 Å². The van der Waals surface area contributed by atoms with Gasteiger partial charge in [-0.05, 0) is 44.9 Å². The summed E-state index contributed by atoms with van der Waals surface area (Å²) in [5, 5.41) is 8.77. The molecule has 0 aliphatic heterocycles. The number of rotatable bonds is 13. The normalized spacial score (nSPS) is 10.5. The number of aromatic nitrogens is 3. The number of hydrogen-bond acceptors (Lipinski definition) is 4. The van der Waals surface area contributed by atoms with E-state index < -0.39 is 5.97 Å². The molecule has 0 radical (unpaired) electrons. The van der Waals surface area contributed by atoms with Crippen molar-refractivity contribution in [2.24, 2.45) is 0 Å². The average molecular weight is 333 g/mol. The van der Waals surface area contributed by atoms with Crippen molar-refractivity contribution in [3.05, 3.63) is 11.4 Å². The maximum Gasteiger partial charge on any atom is 0.384 e. The van der Waals surface area contributed by atoms with Crippen molar-refractivity contribution in [1.29, 1.82) is 0 Å². The van der Waals surface area contributed by atoms with E-state index >= 15 is 0 Å². The number of carbonyl (C=O) groups is 1. The summed E-state index contributed by atoms with van der Waals surface area (Å²) in [6.45, 7) is 5.75. The Morgan fingerprint density at radius 2 is 1.79 bits per heavy atom. The smallest absolute Gasteiger partial charge is 0.384 e. The van der Waals surface area contributed by atoms with E-state index in [0.29, 0.717) is 6.61 Å². The molecule has 0 aliphatic carbocycles. The Labute approximate surface area is 146 Å². The maximum atomic E-state index is 10.8. The molecule has 24 heavy (non-hydrogen) atoms. The van der Waals surface area contributed by atoms with E-state index in [0.717, 1.165) is 45.1 Å². The fraction of sp³-hybridized carbons (Fsp3) is 0.737. The fourth-order valence-corrected chi connectivity index (χ4v) is 2.63. The third kappa shape index (κ3) is 7.63. The molecular formula is C19H31N3O2. The van der Waals surface area contributed by atoms with Gasteiger partial charge in [-0.25, -0.2) is 9.48 Å². The first-order valence-electron chi connectivity index (χ1n) is 9.27. The zero-order valence-electron chi connectivity index (χ0n) is 15.2. The van der Waals surface area contributed by atoms with E-state index in [2.05, 4.69) is 28.8 Å². The van der Waals surface area contributed by atoms with E-state index in [9.17, 15) is 4.79 Å². The molecule has 0 amide bonds. The standard InChI is InChI=1S/C19H31N3O2/c1-4-7-13-17-18(14-8-5-2)22(21-20-17)15-11-9-10-12-16-24-19(23)6-3/h3H,4-5,7-16H2,1-2H3. The van der Waals surface area contributed by atoms with Crippen LogP contribution in [0.4, 0.5) is 0 Å². The third-order valence-corrected chi connectivity index (χ3v) is 4.07. The van der Waals surface area contributed by atoms with Gasteiger partial charge in [0.25, 0.3) is 0 Å². The number of aryl methyl sites for hydroxylation is 2. The second-order valence-corrected chi connectivity index (χ2v) is 6.11. The van der Waals surface area contributed by atoms with Gasteiger partial charge in [-0.15, -0.1) is 11.5 Å². The van der Waals surface area contributed by atoms with Gasteiger partial charge in [0.2, 0.25) is 0 Å². The molecule has 1 aromatic rings. The molecule has 0 saturated carbocycles. The molecule has 0 bridgehead atoms. The van der Waals surface area contributed by atoms with Crippen molar-refractivity contribution in [2.45, 2.75) is 84.6 Å². The van der Waals surface area contributed by atoms with Gasteiger partial charge in [-0.3, -0.25) is 0 Å². The highest BCUT2D eigenvalue weighted by Crippen LogP contribution is 2.14. The highest BCUT2D eigenvalue weighted by atomic mass is 16.5. The van der Waals surface area contributed by atoms with E-state index in [4.69, 9.17) is 11.2 Å². The van der Waals surface area contributed by atoms with Gasteiger partial charge in [0.1, 0.15) is 0 Å². The maximum absolute atomic E-state index is 10.8. The summed E-state index contributed by atoms with van der Waals surface area (Å²) >= 11 is 0. The van der Waals surface area contributed by atoms with Gasteiger partial charge < -0.3 is 4.74 Å². The quantitative estimate of drug-likeness (QED) is 0.239. The molecule has 0 saturated heterocycles. The molecule has 0 spiro atoms. The van der Waals surface area contributed by atoms with Crippen molar-refractivity contribution in [3.8, 4) is 12.3 Å². The van der Waals surface area contributed by atoms with Crippen LogP contribution < -0.4 is 0 Å². The van der Waals surface area contributed by atoms with Gasteiger partial charge in [-0.1, -0.05) is 38.3 Å². The minimum Gasteiger partial charge on any atom is -0.456 e.